The van der Waals surface area contributed by atoms with Gasteiger partial charge in [0.05, 0.1) is 12.6 Å². The fourth-order valence-corrected chi connectivity index (χ4v) is 2.86. The van der Waals surface area contributed by atoms with Crippen LogP contribution < -0.4 is 4.74 Å². The number of rotatable bonds is 4. The first kappa shape index (κ1) is 17.7. The molecule has 128 valence electrons. The van der Waals surface area contributed by atoms with Gasteiger partial charge in [0, 0.05) is 16.5 Å². The Morgan fingerprint density at radius 1 is 1.23 bits per heavy atom. The van der Waals surface area contributed by atoms with Gasteiger partial charge >= 0.3 is 0 Å². The minimum atomic E-state index is -0.396. The first-order valence-corrected chi connectivity index (χ1v) is 8.27. The highest BCUT2D eigenvalue weighted by Gasteiger charge is 2.14. The number of nitrogens with zero attached hydrogens (tertiary/aromatic N) is 2. The van der Waals surface area contributed by atoms with Gasteiger partial charge in [0.2, 0.25) is 5.78 Å². The minimum Gasteiger partial charge on any atom is -0.497 e. The van der Waals surface area contributed by atoms with Gasteiger partial charge in [-0.05, 0) is 36.8 Å². The van der Waals surface area contributed by atoms with E-state index in [2.05, 4.69) is 4.98 Å². The first-order chi connectivity index (χ1) is 12.5. The van der Waals surface area contributed by atoms with Gasteiger partial charge in [0.1, 0.15) is 22.5 Å². The van der Waals surface area contributed by atoms with Crippen molar-refractivity contribution in [1.82, 2.24) is 4.98 Å². The van der Waals surface area contributed by atoms with Crippen molar-refractivity contribution in [1.29, 1.82) is 5.26 Å². The number of ether oxygens (including phenoxy) is 1. The van der Waals surface area contributed by atoms with Crippen molar-refractivity contribution in [2.75, 3.05) is 7.11 Å². The van der Waals surface area contributed by atoms with E-state index in [1.54, 1.807) is 24.3 Å². The van der Waals surface area contributed by atoms with Gasteiger partial charge in [-0.25, -0.2) is 4.98 Å². The van der Waals surface area contributed by atoms with Crippen molar-refractivity contribution in [3.05, 3.63) is 75.9 Å². The molecule has 0 saturated carbocycles. The molecule has 0 N–H and O–H groups in total. The number of hydrogen-bond acceptors (Lipinski definition) is 4. The van der Waals surface area contributed by atoms with Crippen LogP contribution >= 0.6 is 11.6 Å². The van der Waals surface area contributed by atoms with Gasteiger partial charge in [-0.1, -0.05) is 41.9 Å². The number of allylic oxidation sites excluding steroid dienone is 1. The molecule has 0 aliphatic carbocycles. The highest BCUT2D eigenvalue weighted by molar-refractivity contribution is 6.31. The molecule has 0 unspecified atom stereocenters. The number of halogens is 1. The number of carbonyl (C=O) groups excluding carboxylic acids is 1. The van der Waals surface area contributed by atoms with Crippen LogP contribution in [-0.2, 0) is 0 Å². The van der Waals surface area contributed by atoms with Gasteiger partial charge in [-0.15, -0.1) is 0 Å². The van der Waals surface area contributed by atoms with E-state index in [0.29, 0.717) is 16.9 Å². The number of hydrogen-bond donors (Lipinski definition) is 0. The van der Waals surface area contributed by atoms with Crippen molar-refractivity contribution in [2.24, 2.45) is 0 Å². The van der Waals surface area contributed by atoms with E-state index in [9.17, 15) is 10.1 Å². The maximum Gasteiger partial charge on any atom is 0.203 e. The summed E-state index contributed by atoms with van der Waals surface area (Å²) in [6, 6.07) is 16.2. The van der Waals surface area contributed by atoms with Gasteiger partial charge in [0.15, 0.2) is 0 Å². The zero-order chi connectivity index (χ0) is 18.7. The molecule has 0 radical (unpaired) electrons. The van der Waals surface area contributed by atoms with Crippen LogP contribution in [0.25, 0.3) is 17.0 Å². The Labute approximate surface area is 156 Å². The number of pyridine rings is 1. The predicted octanol–water partition coefficient (Wildman–Crippen LogP) is 5.00. The van der Waals surface area contributed by atoms with E-state index < -0.39 is 5.78 Å². The van der Waals surface area contributed by atoms with Crippen LogP contribution in [0.4, 0.5) is 0 Å². The summed E-state index contributed by atoms with van der Waals surface area (Å²) >= 11 is 6.28. The lowest BCUT2D eigenvalue weighted by atomic mass is 10.0. The molecule has 3 rings (SSSR count). The van der Waals surface area contributed by atoms with Crippen LogP contribution in [-0.4, -0.2) is 17.9 Å². The largest absolute Gasteiger partial charge is 0.497 e. The summed E-state index contributed by atoms with van der Waals surface area (Å²) in [7, 11) is 1.52. The molecular weight excluding hydrogens is 348 g/mol. The lowest BCUT2D eigenvalue weighted by Crippen LogP contribution is -2.02. The van der Waals surface area contributed by atoms with Gasteiger partial charge in [0.25, 0.3) is 0 Å². The van der Waals surface area contributed by atoms with Crippen LogP contribution in [0, 0.1) is 18.3 Å². The third kappa shape index (κ3) is 3.44. The third-order valence-corrected chi connectivity index (χ3v) is 4.33. The topological polar surface area (TPSA) is 63.0 Å². The van der Waals surface area contributed by atoms with Gasteiger partial charge in [-0.3, -0.25) is 4.79 Å². The van der Waals surface area contributed by atoms with E-state index >= 15 is 0 Å². The quantitative estimate of drug-likeness (QED) is 0.284. The maximum atomic E-state index is 12.7. The van der Waals surface area contributed by atoms with Crippen LogP contribution in [0.1, 0.15) is 21.5 Å². The molecule has 0 atom stereocenters. The Bertz CT molecular complexity index is 1080. The Balaban J connectivity index is 2.06. The molecule has 0 spiro atoms. The summed E-state index contributed by atoms with van der Waals surface area (Å²) < 4.78 is 5.13. The molecule has 1 aromatic heterocycles. The number of nitriles is 1. The normalized spacial score (nSPS) is 11.2. The summed E-state index contributed by atoms with van der Waals surface area (Å²) in [5, 5.41) is 10.6. The molecular formula is C21H15ClN2O2. The zero-order valence-electron chi connectivity index (χ0n) is 14.3. The Hall–Kier alpha value is -3.16. The number of carbonyl (C=O) groups is 1. The predicted molar refractivity (Wildman–Crippen MR) is 102 cm³/mol. The van der Waals surface area contributed by atoms with E-state index in [0.717, 1.165) is 16.5 Å². The van der Waals surface area contributed by atoms with Crippen LogP contribution in [0.15, 0.2) is 54.1 Å². The van der Waals surface area contributed by atoms with Crippen molar-refractivity contribution >= 4 is 34.4 Å². The van der Waals surface area contributed by atoms with Gasteiger partial charge in [-0.2, -0.15) is 5.26 Å². The van der Waals surface area contributed by atoms with Crippen LogP contribution in [0.2, 0.25) is 5.15 Å². The zero-order valence-corrected chi connectivity index (χ0v) is 15.0. The number of benzene rings is 2. The lowest BCUT2D eigenvalue weighted by Gasteiger charge is -2.06. The fraction of sp³-hybridized carbons (Fsp3) is 0.0952. The Kier molecular flexibility index (Phi) is 5.01. The molecule has 0 bridgehead atoms. The van der Waals surface area contributed by atoms with E-state index in [1.165, 1.54) is 13.2 Å². The van der Waals surface area contributed by atoms with E-state index in [1.807, 2.05) is 37.3 Å². The summed E-state index contributed by atoms with van der Waals surface area (Å²) in [5.74, 6) is 0.154. The standard InChI is InChI=1S/C21H15ClN2O2/c1-13-5-3-6-14-9-16(21(22)24-19(13)14)10-17(12-23)20(25)15-7-4-8-18(11-15)26-2/h3-11H,1-2H3/b17-10+. The number of para-hydroxylation sites is 1. The number of fused-ring (bicyclic) bond motifs is 1. The Morgan fingerprint density at radius 3 is 2.73 bits per heavy atom. The minimum absolute atomic E-state index is 0.0195. The first-order valence-electron chi connectivity index (χ1n) is 7.90. The number of ketones is 1. The average molecular weight is 363 g/mol. The summed E-state index contributed by atoms with van der Waals surface area (Å²) in [6.45, 7) is 1.95. The third-order valence-electron chi connectivity index (χ3n) is 4.02. The summed E-state index contributed by atoms with van der Waals surface area (Å²) in [4.78, 5) is 17.1. The van der Waals surface area contributed by atoms with Crippen molar-refractivity contribution < 1.29 is 9.53 Å². The maximum absolute atomic E-state index is 12.7. The molecule has 3 aromatic rings. The lowest BCUT2D eigenvalue weighted by molar-refractivity contribution is 0.103. The number of methoxy groups -OCH3 is 1. The van der Waals surface area contributed by atoms with Crippen molar-refractivity contribution in [3.8, 4) is 11.8 Å². The molecule has 0 saturated heterocycles. The monoisotopic (exact) mass is 362 g/mol. The second kappa shape index (κ2) is 7.38. The molecule has 0 fully saturated rings. The molecule has 1 heterocycles. The average Bonchev–Trinajstić information content (AvgIpc) is 2.66. The SMILES string of the molecule is COc1cccc(C(=O)/C(C#N)=C/c2cc3cccc(C)c3nc2Cl)c1. The molecule has 26 heavy (non-hydrogen) atoms. The number of Topliss-reactive ketones (excluding diaryl/α,β-unsaturated/α-hetero) is 1. The van der Waals surface area contributed by atoms with Gasteiger partial charge < -0.3 is 4.74 Å². The molecule has 0 amide bonds. The van der Waals surface area contributed by atoms with Crippen LogP contribution in [0.5, 0.6) is 5.75 Å². The summed E-state index contributed by atoms with van der Waals surface area (Å²) in [5.41, 5.74) is 2.68. The molecule has 0 aliphatic rings. The molecule has 0 aliphatic heterocycles. The second-order valence-corrected chi connectivity index (χ2v) is 6.10. The fourth-order valence-electron chi connectivity index (χ4n) is 2.67. The van der Waals surface area contributed by atoms with Crippen LogP contribution in [0.3, 0.4) is 0 Å². The molecule has 4 nitrogen and oxygen atoms in total. The van der Waals surface area contributed by atoms with E-state index in [-0.39, 0.29) is 10.7 Å². The molecule has 2 aromatic carbocycles. The smallest absolute Gasteiger partial charge is 0.203 e. The highest BCUT2D eigenvalue weighted by atomic mass is 35.5. The number of aromatic nitrogens is 1. The van der Waals surface area contributed by atoms with Crippen molar-refractivity contribution in [2.45, 2.75) is 6.92 Å². The highest BCUT2D eigenvalue weighted by Crippen LogP contribution is 2.25. The molecule has 5 heteroatoms. The van der Waals surface area contributed by atoms with Crippen molar-refractivity contribution in [3.63, 3.8) is 0 Å². The summed E-state index contributed by atoms with van der Waals surface area (Å²) in [6.07, 6.45) is 1.47. The second-order valence-electron chi connectivity index (χ2n) is 5.75. The van der Waals surface area contributed by atoms with E-state index in [4.69, 9.17) is 16.3 Å². The number of aryl methyl sites for hydroxylation is 1. The Morgan fingerprint density at radius 2 is 2.00 bits per heavy atom.